The molecule has 3 heteroatoms. The van der Waals surface area contributed by atoms with Crippen molar-refractivity contribution < 1.29 is 4.74 Å². The van der Waals surface area contributed by atoms with E-state index in [-0.39, 0.29) is 12.2 Å². The topological polar surface area (TPSA) is 36.3 Å². The summed E-state index contributed by atoms with van der Waals surface area (Å²) in [4.78, 5) is 2.36. The first-order valence-corrected chi connectivity index (χ1v) is 6.05. The van der Waals surface area contributed by atoms with Gasteiger partial charge in [0.15, 0.2) is 0 Å². The molecular formula is C14H18N2O. The Labute approximate surface area is 103 Å². The summed E-state index contributed by atoms with van der Waals surface area (Å²) in [5, 5.41) is 9.06. The van der Waals surface area contributed by atoms with Crippen molar-refractivity contribution in [3.05, 3.63) is 35.4 Å². The Kier molecular flexibility index (Phi) is 3.78. The molecule has 0 spiro atoms. The maximum Gasteiger partial charge on any atom is 0.0995 e. The van der Waals surface area contributed by atoms with E-state index in [1.54, 1.807) is 0 Å². The molecule has 1 aromatic carbocycles. The van der Waals surface area contributed by atoms with Gasteiger partial charge in [-0.15, -0.1) is 0 Å². The van der Waals surface area contributed by atoms with E-state index in [1.807, 2.05) is 24.3 Å². The highest BCUT2D eigenvalue weighted by Crippen LogP contribution is 2.16. The molecule has 3 nitrogen and oxygen atoms in total. The zero-order chi connectivity index (χ0) is 12.3. The molecule has 0 radical (unpaired) electrons. The van der Waals surface area contributed by atoms with Gasteiger partial charge in [0.05, 0.1) is 23.8 Å². The van der Waals surface area contributed by atoms with Crippen molar-refractivity contribution in [3.8, 4) is 6.07 Å². The molecule has 17 heavy (non-hydrogen) atoms. The number of benzene rings is 1. The Balaban J connectivity index is 2.08. The number of nitrogens with zero attached hydrogens (tertiary/aromatic N) is 2. The van der Waals surface area contributed by atoms with Gasteiger partial charge < -0.3 is 4.74 Å². The largest absolute Gasteiger partial charge is 0.373 e. The average molecular weight is 230 g/mol. The predicted octanol–water partition coefficient (Wildman–Crippen LogP) is 2.17. The second-order valence-corrected chi connectivity index (χ2v) is 4.72. The molecule has 1 aliphatic rings. The maximum atomic E-state index is 9.06. The molecule has 1 heterocycles. The van der Waals surface area contributed by atoms with Crippen LogP contribution < -0.4 is 0 Å². The molecule has 2 unspecified atom stereocenters. The van der Waals surface area contributed by atoms with E-state index in [0.29, 0.717) is 0 Å². The van der Waals surface area contributed by atoms with Gasteiger partial charge in [-0.25, -0.2) is 0 Å². The van der Waals surface area contributed by atoms with Crippen LogP contribution in [-0.4, -0.2) is 30.2 Å². The van der Waals surface area contributed by atoms with Gasteiger partial charge in [0.1, 0.15) is 0 Å². The molecule has 90 valence electrons. The number of hydrogen-bond donors (Lipinski definition) is 0. The zero-order valence-electron chi connectivity index (χ0n) is 10.4. The Morgan fingerprint density at radius 1 is 1.29 bits per heavy atom. The lowest BCUT2D eigenvalue weighted by Gasteiger charge is -2.35. The summed E-state index contributed by atoms with van der Waals surface area (Å²) in [6.45, 7) is 6.90. The minimum absolute atomic E-state index is 0.271. The van der Waals surface area contributed by atoms with Gasteiger partial charge in [0.2, 0.25) is 0 Å². The van der Waals surface area contributed by atoms with Crippen LogP contribution in [0.25, 0.3) is 0 Å². The SMILES string of the molecule is CC1CN(Cc2ccccc2C#N)CC(C)O1. The van der Waals surface area contributed by atoms with E-state index >= 15 is 0 Å². The van der Waals surface area contributed by atoms with Crippen LogP contribution in [0.4, 0.5) is 0 Å². The second kappa shape index (κ2) is 5.31. The number of morpholine rings is 1. The lowest BCUT2D eigenvalue weighted by Crippen LogP contribution is -2.44. The Morgan fingerprint density at radius 3 is 2.59 bits per heavy atom. The third kappa shape index (κ3) is 3.06. The van der Waals surface area contributed by atoms with Crippen LogP contribution in [0, 0.1) is 11.3 Å². The Hall–Kier alpha value is -1.37. The molecular weight excluding hydrogens is 212 g/mol. The van der Waals surface area contributed by atoms with Crippen molar-refractivity contribution in [1.82, 2.24) is 4.90 Å². The molecule has 0 amide bonds. The van der Waals surface area contributed by atoms with Crippen LogP contribution in [-0.2, 0) is 11.3 Å². The van der Waals surface area contributed by atoms with E-state index in [2.05, 4.69) is 24.8 Å². The molecule has 1 aromatic rings. The molecule has 0 saturated carbocycles. The normalized spacial score (nSPS) is 25.5. The maximum absolute atomic E-state index is 9.06. The second-order valence-electron chi connectivity index (χ2n) is 4.72. The number of hydrogen-bond acceptors (Lipinski definition) is 3. The summed E-state index contributed by atoms with van der Waals surface area (Å²) in [5.74, 6) is 0. The summed E-state index contributed by atoms with van der Waals surface area (Å²) in [6, 6.07) is 10.1. The fraction of sp³-hybridized carbons (Fsp3) is 0.500. The molecule has 0 N–H and O–H groups in total. The lowest BCUT2D eigenvalue weighted by atomic mass is 10.1. The standard InChI is InChI=1S/C14H18N2O/c1-11-8-16(9-12(2)17-11)10-14-6-4-3-5-13(14)7-15/h3-6,11-12H,8-10H2,1-2H3. The van der Waals surface area contributed by atoms with Crippen LogP contribution in [0.15, 0.2) is 24.3 Å². The summed E-state index contributed by atoms with van der Waals surface area (Å²) in [5.41, 5.74) is 1.88. The van der Waals surface area contributed by atoms with Crippen molar-refractivity contribution in [2.45, 2.75) is 32.6 Å². The van der Waals surface area contributed by atoms with E-state index in [9.17, 15) is 0 Å². The summed E-state index contributed by atoms with van der Waals surface area (Å²) >= 11 is 0. The molecule has 0 aromatic heterocycles. The minimum atomic E-state index is 0.271. The molecule has 0 aliphatic carbocycles. The van der Waals surface area contributed by atoms with E-state index in [1.165, 1.54) is 0 Å². The van der Waals surface area contributed by atoms with Gasteiger partial charge >= 0.3 is 0 Å². The summed E-state index contributed by atoms with van der Waals surface area (Å²) in [6.07, 6.45) is 0.543. The van der Waals surface area contributed by atoms with Crippen molar-refractivity contribution in [1.29, 1.82) is 5.26 Å². The molecule has 0 bridgehead atoms. The van der Waals surface area contributed by atoms with Gasteiger partial charge in [-0.1, -0.05) is 18.2 Å². The fourth-order valence-corrected chi connectivity index (χ4v) is 2.42. The Bertz CT molecular complexity index is 414. The minimum Gasteiger partial charge on any atom is -0.373 e. The summed E-state index contributed by atoms with van der Waals surface area (Å²) in [7, 11) is 0. The summed E-state index contributed by atoms with van der Waals surface area (Å²) < 4.78 is 5.70. The van der Waals surface area contributed by atoms with Gasteiger partial charge in [0, 0.05) is 19.6 Å². The number of rotatable bonds is 2. The van der Waals surface area contributed by atoms with Gasteiger partial charge in [-0.2, -0.15) is 5.26 Å². The van der Waals surface area contributed by atoms with Crippen LogP contribution in [0.5, 0.6) is 0 Å². The molecule has 2 atom stereocenters. The van der Waals surface area contributed by atoms with Crippen LogP contribution >= 0.6 is 0 Å². The van der Waals surface area contributed by atoms with Crippen LogP contribution in [0.1, 0.15) is 25.0 Å². The fourth-order valence-electron chi connectivity index (χ4n) is 2.42. The number of ether oxygens (including phenoxy) is 1. The first kappa shape index (κ1) is 12.1. The first-order chi connectivity index (χ1) is 8.19. The highest BCUT2D eigenvalue weighted by molar-refractivity contribution is 5.37. The quantitative estimate of drug-likeness (QED) is 0.781. The third-order valence-corrected chi connectivity index (χ3v) is 3.03. The molecule has 1 fully saturated rings. The molecule has 2 rings (SSSR count). The lowest BCUT2D eigenvalue weighted by molar-refractivity contribution is -0.0705. The van der Waals surface area contributed by atoms with Crippen molar-refractivity contribution in [3.63, 3.8) is 0 Å². The smallest absolute Gasteiger partial charge is 0.0995 e. The van der Waals surface area contributed by atoms with Gasteiger partial charge in [0.25, 0.3) is 0 Å². The van der Waals surface area contributed by atoms with E-state index in [4.69, 9.17) is 10.00 Å². The zero-order valence-corrected chi connectivity index (χ0v) is 10.4. The van der Waals surface area contributed by atoms with E-state index < -0.39 is 0 Å². The van der Waals surface area contributed by atoms with Crippen LogP contribution in [0.3, 0.4) is 0 Å². The van der Waals surface area contributed by atoms with Crippen LogP contribution in [0.2, 0.25) is 0 Å². The van der Waals surface area contributed by atoms with Crippen molar-refractivity contribution in [2.75, 3.05) is 13.1 Å². The van der Waals surface area contributed by atoms with E-state index in [0.717, 1.165) is 30.8 Å². The predicted molar refractivity (Wildman–Crippen MR) is 66.4 cm³/mol. The highest BCUT2D eigenvalue weighted by atomic mass is 16.5. The van der Waals surface area contributed by atoms with Crippen molar-refractivity contribution in [2.24, 2.45) is 0 Å². The highest BCUT2D eigenvalue weighted by Gasteiger charge is 2.22. The third-order valence-electron chi connectivity index (χ3n) is 3.03. The molecule has 1 saturated heterocycles. The van der Waals surface area contributed by atoms with Crippen molar-refractivity contribution >= 4 is 0 Å². The Morgan fingerprint density at radius 2 is 1.94 bits per heavy atom. The van der Waals surface area contributed by atoms with Gasteiger partial charge in [-0.05, 0) is 25.5 Å². The average Bonchev–Trinajstić information content (AvgIpc) is 2.28. The number of nitriles is 1. The first-order valence-electron chi connectivity index (χ1n) is 6.05. The van der Waals surface area contributed by atoms with Gasteiger partial charge in [-0.3, -0.25) is 4.90 Å². The molecule has 1 aliphatic heterocycles. The monoisotopic (exact) mass is 230 g/mol.